The van der Waals surface area contributed by atoms with Crippen LogP contribution in [0.4, 0.5) is 0 Å². The number of fused-ring (bicyclic) bond motifs is 1. The Morgan fingerprint density at radius 1 is 1.06 bits per heavy atom. The number of hydrogen-bond acceptors (Lipinski definition) is 3. The minimum atomic E-state index is 0.721. The molecule has 0 bridgehead atoms. The molecule has 4 nitrogen and oxygen atoms in total. The summed E-state index contributed by atoms with van der Waals surface area (Å²) in [5.74, 6) is 1.61. The third-order valence-corrected chi connectivity index (χ3v) is 2.77. The van der Waals surface area contributed by atoms with Gasteiger partial charge in [-0.25, -0.2) is 14.5 Å². The number of rotatable bonds is 1. The van der Waals surface area contributed by atoms with Crippen LogP contribution in [0.25, 0.3) is 16.9 Å². The molecule has 0 N–H and O–H groups in total. The normalized spacial score (nSPS) is 10.9. The summed E-state index contributed by atoms with van der Waals surface area (Å²) in [6.07, 6.45) is 1.82. The van der Waals surface area contributed by atoms with E-state index in [2.05, 4.69) is 15.1 Å². The van der Waals surface area contributed by atoms with E-state index in [0.717, 1.165) is 28.4 Å². The summed E-state index contributed by atoms with van der Waals surface area (Å²) in [5.41, 5.74) is 2.93. The van der Waals surface area contributed by atoms with Crippen molar-refractivity contribution in [3.63, 3.8) is 0 Å². The van der Waals surface area contributed by atoms with Crippen LogP contribution in [0, 0.1) is 13.8 Å². The van der Waals surface area contributed by atoms with Gasteiger partial charge in [0.15, 0.2) is 5.82 Å². The lowest BCUT2D eigenvalue weighted by molar-refractivity contribution is 0.859. The first-order chi connectivity index (χ1) is 8.25. The Morgan fingerprint density at radius 2 is 1.82 bits per heavy atom. The largest absolute Gasteiger partial charge is 0.236 e. The molecule has 0 aliphatic rings. The predicted molar refractivity (Wildman–Crippen MR) is 65.7 cm³/mol. The fourth-order valence-electron chi connectivity index (χ4n) is 1.91. The van der Waals surface area contributed by atoms with Crippen LogP contribution in [0.15, 0.2) is 36.5 Å². The summed E-state index contributed by atoms with van der Waals surface area (Å²) < 4.78 is 1.84. The smallest absolute Gasteiger partial charge is 0.180 e. The molecule has 0 saturated heterocycles. The second-order valence-corrected chi connectivity index (χ2v) is 3.99. The van der Waals surface area contributed by atoms with Gasteiger partial charge in [-0.1, -0.05) is 30.3 Å². The molecule has 0 unspecified atom stereocenters. The molecular weight excluding hydrogens is 212 g/mol. The first kappa shape index (κ1) is 9.96. The molecule has 3 rings (SSSR count). The molecule has 0 amide bonds. The fraction of sp³-hybridized carbons (Fsp3) is 0.154. The molecule has 0 radical (unpaired) electrons. The molecule has 0 aliphatic heterocycles. The number of aryl methyl sites for hydroxylation is 2. The third-order valence-electron chi connectivity index (χ3n) is 2.77. The molecule has 2 aromatic heterocycles. The van der Waals surface area contributed by atoms with Crippen LogP contribution >= 0.6 is 0 Å². The van der Waals surface area contributed by atoms with E-state index >= 15 is 0 Å². The second kappa shape index (κ2) is 3.66. The van der Waals surface area contributed by atoms with Gasteiger partial charge in [0.1, 0.15) is 11.3 Å². The average Bonchev–Trinajstić information content (AvgIpc) is 2.66. The lowest BCUT2D eigenvalue weighted by Gasteiger charge is -2.01. The molecule has 3 aromatic rings. The van der Waals surface area contributed by atoms with Crippen molar-refractivity contribution in [3.8, 4) is 11.4 Å². The van der Waals surface area contributed by atoms with Crippen LogP contribution in [-0.2, 0) is 0 Å². The van der Waals surface area contributed by atoms with Gasteiger partial charge >= 0.3 is 0 Å². The number of imidazole rings is 1. The SMILES string of the molecule is Cc1nc(C)n2nc(-c3ccccc3)ncc12. The van der Waals surface area contributed by atoms with Gasteiger partial charge in [0.2, 0.25) is 0 Å². The number of aromatic nitrogens is 4. The molecule has 4 heteroatoms. The summed E-state index contributed by atoms with van der Waals surface area (Å²) in [5, 5.41) is 4.51. The summed E-state index contributed by atoms with van der Waals surface area (Å²) in [6.45, 7) is 3.91. The number of hydrogen-bond donors (Lipinski definition) is 0. The predicted octanol–water partition coefficient (Wildman–Crippen LogP) is 2.41. The van der Waals surface area contributed by atoms with Crippen LogP contribution in [0.2, 0.25) is 0 Å². The quantitative estimate of drug-likeness (QED) is 0.637. The van der Waals surface area contributed by atoms with Gasteiger partial charge < -0.3 is 0 Å². The second-order valence-electron chi connectivity index (χ2n) is 3.99. The molecule has 17 heavy (non-hydrogen) atoms. The van der Waals surface area contributed by atoms with Gasteiger partial charge in [-0.05, 0) is 13.8 Å². The van der Waals surface area contributed by atoms with Crippen molar-refractivity contribution in [1.29, 1.82) is 0 Å². The van der Waals surface area contributed by atoms with Crippen molar-refractivity contribution < 1.29 is 0 Å². The number of nitrogens with zero attached hydrogens (tertiary/aromatic N) is 4. The minimum absolute atomic E-state index is 0.721. The summed E-state index contributed by atoms with van der Waals surface area (Å²) in [7, 11) is 0. The molecule has 0 saturated carbocycles. The maximum Gasteiger partial charge on any atom is 0.180 e. The Morgan fingerprint density at radius 3 is 2.59 bits per heavy atom. The zero-order valence-corrected chi connectivity index (χ0v) is 9.75. The van der Waals surface area contributed by atoms with Crippen molar-refractivity contribution >= 4 is 5.52 Å². The van der Waals surface area contributed by atoms with Gasteiger partial charge in [0.05, 0.1) is 11.9 Å². The Hall–Kier alpha value is -2.23. The van der Waals surface area contributed by atoms with Crippen molar-refractivity contribution in [2.24, 2.45) is 0 Å². The summed E-state index contributed by atoms with van der Waals surface area (Å²) in [4.78, 5) is 8.76. The van der Waals surface area contributed by atoms with E-state index < -0.39 is 0 Å². The van der Waals surface area contributed by atoms with E-state index in [1.807, 2.05) is 54.9 Å². The van der Waals surface area contributed by atoms with Crippen LogP contribution in [0.3, 0.4) is 0 Å². The Balaban J connectivity index is 2.24. The number of benzene rings is 1. The third kappa shape index (κ3) is 1.58. The van der Waals surface area contributed by atoms with Crippen molar-refractivity contribution in [3.05, 3.63) is 48.0 Å². The summed E-state index contributed by atoms with van der Waals surface area (Å²) >= 11 is 0. The molecule has 0 fully saturated rings. The standard InChI is InChI=1S/C13H12N4/c1-9-12-8-14-13(11-6-4-3-5-7-11)16-17(12)10(2)15-9/h3-8H,1-2H3. The zero-order valence-electron chi connectivity index (χ0n) is 9.75. The van der Waals surface area contributed by atoms with Gasteiger partial charge in [-0.2, -0.15) is 0 Å². The van der Waals surface area contributed by atoms with Crippen molar-refractivity contribution in [2.45, 2.75) is 13.8 Å². The van der Waals surface area contributed by atoms with Gasteiger partial charge in [0, 0.05) is 5.56 Å². The van der Waals surface area contributed by atoms with E-state index in [-0.39, 0.29) is 0 Å². The zero-order chi connectivity index (χ0) is 11.8. The molecule has 1 aromatic carbocycles. The highest BCUT2D eigenvalue weighted by molar-refractivity contribution is 5.57. The maximum atomic E-state index is 4.51. The highest BCUT2D eigenvalue weighted by Crippen LogP contribution is 2.16. The Bertz CT molecular complexity index is 670. The molecule has 0 aliphatic carbocycles. The van der Waals surface area contributed by atoms with E-state index in [4.69, 9.17) is 0 Å². The van der Waals surface area contributed by atoms with E-state index in [9.17, 15) is 0 Å². The van der Waals surface area contributed by atoms with Crippen molar-refractivity contribution in [2.75, 3.05) is 0 Å². The molecule has 0 spiro atoms. The monoisotopic (exact) mass is 224 g/mol. The van der Waals surface area contributed by atoms with Crippen LogP contribution < -0.4 is 0 Å². The maximum absolute atomic E-state index is 4.51. The molecule has 2 heterocycles. The molecule has 84 valence electrons. The minimum Gasteiger partial charge on any atom is -0.236 e. The topological polar surface area (TPSA) is 43.1 Å². The lowest BCUT2D eigenvalue weighted by atomic mass is 10.2. The van der Waals surface area contributed by atoms with Crippen molar-refractivity contribution in [1.82, 2.24) is 19.6 Å². The first-order valence-electron chi connectivity index (χ1n) is 5.50. The van der Waals surface area contributed by atoms with Gasteiger partial charge in [-0.15, -0.1) is 5.10 Å². The van der Waals surface area contributed by atoms with Crippen LogP contribution in [0.1, 0.15) is 11.5 Å². The van der Waals surface area contributed by atoms with E-state index in [1.165, 1.54) is 0 Å². The average molecular weight is 224 g/mol. The highest BCUT2D eigenvalue weighted by atomic mass is 15.3. The fourth-order valence-corrected chi connectivity index (χ4v) is 1.91. The molecule has 0 atom stereocenters. The van der Waals surface area contributed by atoms with Crippen LogP contribution in [-0.4, -0.2) is 19.6 Å². The van der Waals surface area contributed by atoms with Crippen LogP contribution in [0.5, 0.6) is 0 Å². The van der Waals surface area contributed by atoms with E-state index in [0.29, 0.717) is 0 Å². The molecular formula is C13H12N4. The van der Waals surface area contributed by atoms with Gasteiger partial charge in [0.25, 0.3) is 0 Å². The Labute approximate surface area is 99.0 Å². The lowest BCUT2D eigenvalue weighted by Crippen LogP contribution is -1.99. The first-order valence-corrected chi connectivity index (χ1v) is 5.50. The van der Waals surface area contributed by atoms with Gasteiger partial charge in [-0.3, -0.25) is 0 Å². The highest BCUT2D eigenvalue weighted by Gasteiger charge is 2.08. The van der Waals surface area contributed by atoms with E-state index in [1.54, 1.807) is 0 Å². The Kier molecular flexibility index (Phi) is 2.14. The summed E-state index contributed by atoms with van der Waals surface area (Å²) in [6, 6.07) is 9.94.